The summed E-state index contributed by atoms with van der Waals surface area (Å²) in [5.41, 5.74) is 1.80. The zero-order chi connectivity index (χ0) is 16.9. The maximum Gasteiger partial charge on any atom is 0.246 e. The standard InChI is InChI=1S/C16H18N6O2/c1-21(15(23)6-5-13-7-9-18-22(13)2)11-14-19-16(20-24-14)12-4-3-8-17-10-12/h3-4,7-10H,5-6,11H2,1-2H3. The van der Waals surface area contributed by atoms with Crippen molar-refractivity contribution in [3.05, 3.63) is 48.4 Å². The number of aromatic nitrogens is 5. The SMILES string of the molecule is CN(Cc1nc(-c2cccnc2)no1)C(=O)CCc1ccnn1C. The van der Waals surface area contributed by atoms with E-state index in [9.17, 15) is 4.79 Å². The van der Waals surface area contributed by atoms with Crippen LogP contribution in [0.1, 0.15) is 18.0 Å². The van der Waals surface area contributed by atoms with Crippen molar-refractivity contribution in [2.45, 2.75) is 19.4 Å². The summed E-state index contributed by atoms with van der Waals surface area (Å²) in [6, 6.07) is 5.56. The third-order valence-corrected chi connectivity index (χ3v) is 3.70. The first-order chi connectivity index (χ1) is 11.6. The number of aryl methyl sites for hydroxylation is 2. The van der Waals surface area contributed by atoms with Crippen LogP contribution in [0, 0.1) is 0 Å². The Kier molecular flexibility index (Phi) is 4.64. The van der Waals surface area contributed by atoms with Gasteiger partial charge in [0.2, 0.25) is 17.6 Å². The molecule has 0 saturated heterocycles. The second-order valence-electron chi connectivity index (χ2n) is 5.45. The first kappa shape index (κ1) is 15.9. The molecule has 8 nitrogen and oxygen atoms in total. The van der Waals surface area contributed by atoms with Gasteiger partial charge in [0.25, 0.3) is 0 Å². The van der Waals surface area contributed by atoms with E-state index in [0.29, 0.717) is 24.6 Å². The average Bonchev–Trinajstić information content (AvgIpc) is 3.22. The Balaban J connectivity index is 1.56. The Morgan fingerprint density at radius 3 is 2.92 bits per heavy atom. The van der Waals surface area contributed by atoms with Crippen molar-refractivity contribution in [2.75, 3.05) is 7.05 Å². The van der Waals surface area contributed by atoms with Crippen LogP contribution in [-0.4, -0.2) is 42.8 Å². The van der Waals surface area contributed by atoms with E-state index in [0.717, 1.165) is 11.3 Å². The summed E-state index contributed by atoms with van der Waals surface area (Å²) in [7, 11) is 3.58. The summed E-state index contributed by atoms with van der Waals surface area (Å²) in [4.78, 5) is 22.1. The van der Waals surface area contributed by atoms with Crippen molar-refractivity contribution in [3.8, 4) is 11.4 Å². The molecule has 0 saturated carbocycles. The molecule has 0 radical (unpaired) electrons. The Hall–Kier alpha value is -3.03. The first-order valence-electron chi connectivity index (χ1n) is 7.57. The van der Waals surface area contributed by atoms with Crippen LogP contribution >= 0.6 is 0 Å². The van der Waals surface area contributed by atoms with Crippen LogP contribution in [0.5, 0.6) is 0 Å². The number of rotatable bonds is 6. The van der Waals surface area contributed by atoms with E-state index >= 15 is 0 Å². The molecule has 0 aliphatic rings. The smallest absolute Gasteiger partial charge is 0.246 e. The van der Waals surface area contributed by atoms with Gasteiger partial charge in [-0.15, -0.1) is 0 Å². The van der Waals surface area contributed by atoms with Crippen LogP contribution in [0.4, 0.5) is 0 Å². The highest BCUT2D eigenvalue weighted by atomic mass is 16.5. The second kappa shape index (κ2) is 7.03. The summed E-state index contributed by atoms with van der Waals surface area (Å²) in [6.07, 6.45) is 6.11. The van der Waals surface area contributed by atoms with E-state index in [1.165, 1.54) is 0 Å². The molecule has 0 bridgehead atoms. The highest BCUT2D eigenvalue weighted by Gasteiger charge is 2.15. The summed E-state index contributed by atoms with van der Waals surface area (Å²) in [5, 5.41) is 8.01. The van der Waals surface area contributed by atoms with Crippen LogP contribution in [0.2, 0.25) is 0 Å². The lowest BCUT2D eigenvalue weighted by Gasteiger charge is -2.14. The molecule has 1 amide bonds. The summed E-state index contributed by atoms with van der Waals surface area (Å²) in [6.45, 7) is 0.275. The molecule has 0 spiro atoms. The molecule has 0 aliphatic carbocycles. The number of amides is 1. The lowest BCUT2D eigenvalue weighted by molar-refractivity contribution is -0.130. The van der Waals surface area contributed by atoms with Crippen LogP contribution in [0.15, 0.2) is 41.3 Å². The fraction of sp³-hybridized carbons (Fsp3) is 0.312. The topological polar surface area (TPSA) is 89.9 Å². The second-order valence-corrected chi connectivity index (χ2v) is 5.45. The number of carbonyl (C=O) groups is 1. The number of hydrogen-bond acceptors (Lipinski definition) is 6. The van der Waals surface area contributed by atoms with Crippen molar-refractivity contribution in [3.63, 3.8) is 0 Å². The fourth-order valence-electron chi connectivity index (χ4n) is 2.29. The van der Waals surface area contributed by atoms with Crippen LogP contribution in [-0.2, 0) is 24.8 Å². The van der Waals surface area contributed by atoms with Gasteiger partial charge in [-0.3, -0.25) is 14.5 Å². The third kappa shape index (κ3) is 3.65. The Bertz CT molecular complexity index is 811. The molecule has 3 rings (SSSR count). The molecule has 0 atom stereocenters. The molecule has 0 N–H and O–H groups in total. The minimum atomic E-state index is 0.0114. The van der Waals surface area contributed by atoms with Crippen molar-refractivity contribution in [1.82, 2.24) is 29.8 Å². The van der Waals surface area contributed by atoms with Crippen LogP contribution < -0.4 is 0 Å². The highest BCUT2D eigenvalue weighted by molar-refractivity contribution is 5.76. The van der Waals surface area contributed by atoms with E-state index in [1.54, 1.807) is 41.3 Å². The monoisotopic (exact) mass is 326 g/mol. The van der Waals surface area contributed by atoms with Gasteiger partial charge in [0, 0.05) is 50.4 Å². The number of carbonyl (C=O) groups excluding carboxylic acids is 1. The highest BCUT2D eigenvalue weighted by Crippen LogP contribution is 2.14. The van der Waals surface area contributed by atoms with E-state index in [1.807, 2.05) is 19.2 Å². The molecule has 0 aliphatic heterocycles. The zero-order valence-electron chi connectivity index (χ0n) is 13.6. The Morgan fingerprint density at radius 1 is 1.33 bits per heavy atom. The Morgan fingerprint density at radius 2 is 2.21 bits per heavy atom. The minimum Gasteiger partial charge on any atom is -0.337 e. The largest absolute Gasteiger partial charge is 0.337 e. The summed E-state index contributed by atoms with van der Waals surface area (Å²) in [5.74, 6) is 0.872. The van der Waals surface area contributed by atoms with Gasteiger partial charge in [0.05, 0.1) is 6.54 Å². The number of nitrogens with zero attached hydrogens (tertiary/aromatic N) is 6. The van der Waals surface area contributed by atoms with E-state index < -0.39 is 0 Å². The lowest BCUT2D eigenvalue weighted by atomic mass is 10.2. The van der Waals surface area contributed by atoms with E-state index in [-0.39, 0.29) is 12.5 Å². The zero-order valence-corrected chi connectivity index (χ0v) is 13.6. The molecule has 0 aromatic carbocycles. The van der Waals surface area contributed by atoms with Gasteiger partial charge in [0.1, 0.15) is 0 Å². The minimum absolute atomic E-state index is 0.0114. The van der Waals surface area contributed by atoms with Crippen molar-refractivity contribution in [1.29, 1.82) is 0 Å². The van der Waals surface area contributed by atoms with Gasteiger partial charge < -0.3 is 9.42 Å². The van der Waals surface area contributed by atoms with Crippen molar-refractivity contribution >= 4 is 5.91 Å². The number of hydrogen-bond donors (Lipinski definition) is 0. The predicted octanol–water partition coefficient (Wildman–Crippen LogP) is 1.46. The molecular formula is C16H18N6O2. The molecule has 0 fully saturated rings. The van der Waals surface area contributed by atoms with E-state index in [4.69, 9.17) is 4.52 Å². The molecule has 8 heteroatoms. The van der Waals surface area contributed by atoms with Gasteiger partial charge in [-0.25, -0.2) is 0 Å². The van der Waals surface area contributed by atoms with Gasteiger partial charge >= 0.3 is 0 Å². The van der Waals surface area contributed by atoms with Gasteiger partial charge in [0.15, 0.2) is 0 Å². The van der Waals surface area contributed by atoms with Crippen molar-refractivity contribution in [2.24, 2.45) is 7.05 Å². The summed E-state index contributed by atoms with van der Waals surface area (Å²) >= 11 is 0. The lowest BCUT2D eigenvalue weighted by Crippen LogP contribution is -2.26. The Labute approximate surface area is 139 Å². The van der Waals surface area contributed by atoms with Gasteiger partial charge in [-0.05, 0) is 24.6 Å². The molecule has 24 heavy (non-hydrogen) atoms. The van der Waals surface area contributed by atoms with Gasteiger partial charge in [-0.1, -0.05) is 5.16 Å². The maximum absolute atomic E-state index is 12.2. The molecule has 0 unspecified atom stereocenters. The number of pyridine rings is 1. The molecule has 124 valence electrons. The van der Waals surface area contributed by atoms with E-state index in [2.05, 4.69) is 20.2 Å². The van der Waals surface area contributed by atoms with Gasteiger partial charge in [-0.2, -0.15) is 10.1 Å². The third-order valence-electron chi connectivity index (χ3n) is 3.70. The average molecular weight is 326 g/mol. The normalized spacial score (nSPS) is 10.8. The predicted molar refractivity (Wildman–Crippen MR) is 85.5 cm³/mol. The molecule has 3 aromatic heterocycles. The van der Waals surface area contributed by atoms with Crippen LogP contribution in [0.3, 0.4) is 0 Å². The molecule has 3 aromatic rings. The first-order valence-corrected chi connectivity index (χ1v) is 7.57. The maximum atomic E-state index is 12.2. The summed E-state index contributed by atoms with van der Waals surface area (Å²) < 4.78 is 6.98. The van der Waals surface area contributed by atoms with Crippen LogP contribution in [0.25, 0.3) is 11.4 Å². The fourth-order valence-corrected chi connectivity index (χ4v) is 2.29. The molecular weight excluding hydrogens is 308 g/mol. The quantitative estimate of drug-likeness (QED) is 0.681. The molecule has 3 heterocycles. The van der Waals surface area contributed by atoms with Crippen molar-refractivity contribution < 1.29 is 9.32 Å².